The molecule has 3 rings (SSSR count). The molecule has 0 heterocycles. The number of aliphatic hydroxyl groups excluding tert-OH is 1. The van der Waals surface area contributed by atoms with E-state index in [1.807, 2.05) is 24.3 Å². The smallest absolute Gasteiger partial charge is 0.338 e. The summed E-state index contributed by atoms with van der Waals surface area (Å²) in [7, 11) is 0. The van der Waals surface area contributed by atoms with Crippen LogP contribution in [0.2, 0.25) is 0 Å². The Hall–Kier alpha value is -1.93. The molecule has 0 aliphatic heterocycles. The molecule has 2 aromatic carbocycles. The molecule has 1 aliphatic rings. The van der Waals surface area contributed by atoms with Crippen molar-refractivity contribution in [1.82, 2.24) is 9.80 Å². The number of aliphatic hydroxyl groups is 1. The third-order valence-electron chi connectivity index (χ3n) is 6.63. The Labute approximate surface area is 212 Å². The minimum atomic E-state index is -0.355. The quantitative estimate of drug-likeness (QED) is 0.301. The minimum absolute atomic E-state index is 0.0595. The molecule has 0 amide bonds. The lowest BCUT2D eigenvalue weighted by atomic mass is 9.93. The van der Waals surface area contributed by atoms with E-state index in [2.05, 4.69) is 44.8 Å². The largest absolute Gasteiger partial charge is 0.461 e. The minimum Gasteiger partial charge on any atom is -0.461 e. The van der Waals surface area contributed by atoms with E-state index in [1.54, 1.807) is 6.07 Å². The molecule has 186 valence electrons. The summed E-state index contributed by atoms with van der Waals surface area (Å²) in [6.45, 7) is 5.96. The number of hydrogen-bond donors (Lipinski definition) is 2. The molecule has 34 heavy (non-hydrogen) atoms. The van der Waals surface area contributed by atoms with Crippen molar-refractivity contribution in [1.29, 1.82) is 0 Å². The summed E-state index contributed by atoms with van der Waals surface area (Å²) in [5.74, 6) is -0.355. The lowest BCUT2D eigenvalue weighted by molar-refractivity contribution is 0.0448. The number of nitrogen functional groups attached to an aromatic ring is 1. The number of carbonyl (C=O) groups excluding carboxylic acids is 1. The van der Waals surface area contributed by atoms with Gasteiger partial charge in [0.2, 0.25) is 0 Å². The van der Waals surface area contributed by atoms with Gasteiger partial charge < -0.3 is 15.6 Å². The van der Waals surface area contributed by atoms with Crippen LogP contribution in [0.15, 0.2) is 46.9 Å². The zero-order valence-electron chi connectivity index (χ0n) is 20.2. The van der Waals surface area contributed by atoms with Gasteiger partial charge in [-0.25, -0.2) is 4.79 Å². The van der Waals surface area contributed by atoms with E-state index in [9.17, 15) is 9.90 Å². The number of anilines is 1. The fourth-order valence-corrected chi connectivity index (χ4v) is 5.19. The van der Waals surface area contributed by atoms with Gasteiger partial charge >= 0.3 is 5.97 Å². The van der Waals surface area contributed by atoms with E-state index in [0.29, 0.717) is 36.9 Å². The molecule has 0 radical (unpaired) electrons. The monoisotopic (exact) mass is 531 g/mol. The van der Waals surface area contributed by atoms with Crippen molar-refractivity contribution >= 4 is 27.6 Å². The highest BCUT2D eigenvalue weighted by Gasteiger charge is 2.22. The fraction of sp³-hybridized carbons (Fsp3) is 0.519. The lowest BCUT2D eigenvalue weighted by Gasteiger charge is -2.34. The summed E-state index contributed by atoms with van der Waals surface area (Å²) in [5, 5.41) is 9.40. The zero-order valence-corrected chi connectivity index (χ0v) is 21.8. The first-order valence-corrected chi connectivity index (χ1v) is 13.2. The first-order chi connectivity index (χ1) is 16.5. The van der Waals surface area contributed by atoms with E-state index in [1.165, 1.54) is 32.1 Å². The van der Waals surface area contributed by atoms with Crippen LogP contribution in [0.4, 0.5) is 5.69 Å². The molecule has 0 spiro atoms. The molecule has 0 aromatic heterocycles. The molecule has 1 fully saturated rings. The van der Waals surface area contributed by atoms with Gasteiger partial charge in [0, 0.05) is 36.7 Å². The number of hydrogen-bond acceptors (Lipinski definition) is 6. The molecule has 0 atom stereocenters. The topological polar surface area (TPSA) is 79.0 Å². The Balaban J connectivity index is 1.60. The second kappa shape index (κ2) is 13.8. The number of nitrogens with zero attached hydrogens (tertiary/aromatic N) is 2. The summed E-state index contributed by atoms with van der Waals surface area (Å²) in [6.07, 6.45) is 6.34. The Bertz CT molecular complexity index is 903. The van der Waals surface area contributed by atoms with Crippen LogP contribution in [0.1, 0.15) is 60.5 Å². The van der Waals surface area contributed by atoms with Crippen LogP contribution >= 0.6 is 15.9 Å². The number of ether oxygens (including phenoxy) is 1. The van der Waals surface area contributed by atoms with Gasteiger partial charge in [-0.1, -0.05) is 56.5 Å². The molecule has 0 unspecified atom stereocenters. The van der Waals surface area contributed by atoms with Crippen LogP contribution in [-0.2, 0) is 17.8 Å². The summed E-state index contributed by atoms with van der Waals surface area (Å²) >= 11 is 3.53. The molecule has 6 nitrogen and oxygen atoms in total. The summed E-state index contributed by atoms with van der Waals surface area (Å²) in [4.78, 5) is 17.4. The zero-order chi connectivity index (χ0) is 24.3. The second-order valence-corrected chi connectivity index (χ2v) is 9.86. The van der Waals surface area contributed by atoms with Crippen LogP contribution in [0.25, 0.3) is 0 Å². The third-order valence-corrected chi connectivity index (χ3v) is 7.28. The predicted molar refractivity (Wildman–Crippen MR) is 141 cm³/mol. The van der Waals surface area contributed by atoms with Crippen molar-refractivity contribution in [3.05, 3.63) is 63.6 Å². The summed E-state index contributed by atoms with van der Waals surface area (Å²) in [5.41, 5.74) is 9.68. The van der Waals surface area contributed by atoms with Crippen molar-refractivity contribution in [3.8, 4) is 0 Å². The van der Waals surface area contributed by atoms with Crippen LogP contribution < -0.4 is 5.73 Å². The maximum atomic E-state index is 12.8. The van der Waals surface area contributed by atoms with Crippen LogP contribution in [0.5, 0.6) is 0 Å². The molecule has 3 N–H and O–H groups in total. The van der Waals surface area contributed by atoms with Gasteiger partial charge in [0.05, 0.1) is 17.9 Å². The van der Waals surface area contributed by atoms with Gasteiger partial charge in [-0.05, 0) is 58.6 Å². The Kier molecular flexibility index (Phi) is 10.8. The highest BCUT2D eigenvalue weighted by atomic mass is 79.9. The molecule has 1 aliphatic carbocycles. The average Bonchev–Trinajstić information content (AvgIpc) is 2.86. The normalized spacial score (nSPS) is 14.6. The number of halogens is 1. The van der Waals surface area contributed by atoms with E-state index >= 15 is 0 Å². The molecule has 0 bridgehead atoms. The maximum Gasteiger partial charge on any atom is 0.338 e. The van der Waals surface area contributed by atoms with E-state index in [0.717, 1.165) is 28.7 Å². The standard InChI is InChI=1S/C27H38BrN3O3/c1-2-31(24-11-7-4-8-12-24)20-23-17-22(18-25(28)26(23)29)27(33)34-16-14-30(13-15-32)19-21-9-5-3-6-10-21/h3,5-6,9-10,17-18,24,32H,2,4,7-8,11-16,19-20,29H2,1H3. The average molecular weight is 533 g/mol. The molecular weight excluding hydrogens is 494 g/mol. The Morgan fingerprint density at radius 1 is 1.12 bits per heavy atom. The lowest BCUT2D eigenvalue weighted by Crippen LogP contribution is -2.36. The van der Waals surface area contributed by atoms with Crippen LogP contribution in [0.3, 0.4) is 0 Å². The predicted octanol–water partition coefficient (Wildman–Crippen LogP) is 4.84. The number of esters is 1. The van der Waals surface area contributed by atoms with Crippen molar-refractivity contribution in [2.75, 3.05) is 38.6 Å². The maximum absolute atomic E-state index is 12.8. The highest BCUT2D eigenvalue weighted by molar-refractivity contribution is 9.10. The van der Waals surface area contributed by atoms with Crippen molar-refractivity contribution < 1.29 is 14.6 Å². The number of carbonyl (C=O) groups is 1. The van der Waals surface area contributed by atoms with Gasteiger partial charge in [-0.15, -0.1) is 0 Å². The third kappa shape index (κ3) is 7.80. The van der Waals surface area contributed by atoms with Gasteiger partial charge in [-0.3, -0.25) is 9.80 Å². The van der Waals surface area contributed by atoms with Crippen molar-refractivity contribution in [3.63, 3.8) is 0 Å². The Morgan fingerprint density at radius 2 is 1.85 bits per heavy atom. The Morgan fingerprint density at radius 3 is 2.53 bits per heavy atom. The molecular formula is C27H38BrN3O3. The molecule has 1 saturated carbocycles. The number of nitrogens with two attached hydrogens (primary N) is 1. The van der Waals surface area contributed by atoms with E-state index < -0.39 is 0 Å². The molecule has 0 saturated heterocycles. The molecule has 2 aromatic rings. The van der Waals surface area contributed by atoms with Gasteiger partial charge in [0.25, 0.3) is 0 Å². The molecule has 7 heteroatoms. The summed E-state index contributed by atoms with van der Waals surface area (Å²) < 4.78 is 6.33. The van der Waals surface area contributed by atoms with E-state index in [-0.39, 0.29) is 19.2 Å². The summed E-state index contributed by atoms with van der Waals surface area (Å²) in [6, 6.07) is 14.3. The van der Waals surface area contributed by atoms with Crippen LogP contribution in [0, 0.1) is 0 Å². The first kappa shape index (κ1) is 26.7. The van der Waals surface area contributed by atoms with Crippen LogP contribution in [-0.4, -0.2) is 59.8 Å². The number of benzene rings is 2. The van der Waals surface area contributed by atoms with Crippen molar-refractivity contribution in [2.24, 2.45) is 0 Å². The van der Waals surface area contributed by atoms with Gasteiger partial charge in [0.1, 0.15) is 6.61 Å². The fourth-order valence-electron chi connectivity index (χ4n) is 4.69. The van der Waals surface area contributed by atoms with Gasteiger partial charge in [0.15, 0.2) is 0 Å². The highest BCUT2D eigenvalue weighted by Crippen LogP contribution is 2.30. The van der Waals surface area contributed by atoms with Crippen molar-refractivity contribution in [2.45, 2.75) is 58.2 Å². The van der Waals surface area contributed by atoms with E-state index in [4.69, 9.17) is 10.5 Å². The second-order valence-electron chi connectivity index (χ2n) is 9.01. The van der Waals surface area contributed by atoms with Gasteiger partial charge in [-0.2, -0.15) is 0 Å². The number of rotatable bonds is 12. The SMILES string of the molecule is CCN(Cc1cc(C(=O)OCCN(CCO)Cc2ccccc2)cc(Br)c1N)C1CCCCC1. The first-order valence-electron chi connectivity index (χ1n) is 12.4.